The third kappa shape index (κ3) is 7.03. The monoisotopic (exact) mass is 184 g/mol. The minimum Gasteiger partial charge on any atom is -0.314 e. The Morgan fingerprint density at radius 3 is 2.38 bits per heavy atom. The van der Waals surface area contributed by atoms with E-state index in [4.69, 9.17) is 0 Å². The van der Waals surface area contributed by atoms with Crippen LogP contribution in [0.1, 0.15) is 38.5 Å². The van der Waals surface area contributed by atoms with Crippen LogP contribution >= 0.6 is 0 Å². The lowest BCUT2D eigenvalue weighted by Gasteiger charge is -2.08. The Kier molecular flexibility index (Phi) is 5.40. The Morgan fingerprint density at radius 2 is 1.77 bits per heavy atom. The molecule has 0 aromatic heterocycles. The van der Waals surface area contributed by atoms with Crippen molar-refractivity contribution in [1.82, 2.24) is 10.2 Å². The van der Waals surface area contributed by atoms with E-state index >= 15 is 0 Å². The van der Waals surface area contributed by atoms with Gasteiger partial charge in [0.2, 0.25) is 0 Å². The standard InChI is InChI=1S/C11H24N2/c1-13(2)10-6-4-3-5-9-12-11-7-8-11/h11-12H,3-10H2,1-2H3. The highest BCUT2D eigenvalue weighted by atomic mass is 15.0. The van der Waals surface area contributed by atoms with Gasteiger partial charge in [0.25, 0.3) is 0 Å². The minimum atomic E-state index is 0.891. The molecule has 2 heteroatoms. The molecule has 0 aliphatic heterocycles. The van der Waals surface area contributed by atoms with Crippen molar-refractivity contribution in [2.45, 2.75) is 44.6 Å². The fourth-order valence-corrected chi connectivity index (χ4v) is 1.50. The van der Waals surface area contributed by atoms with Crippen LogP contribution in [0, 0.1) is 0 Å². The first-order chi connectivity index (χ1) is 6.29. The zero-order chi connectivity index (χ0) is 9.52. The third-order valence-corrected chi connectivity index (χ3v) is 2.54. The molecule has 0 amide bonds. The predicted molar refractivity (Wildman–Crippen MR) is 58.0 cm³/mol. The van der Waals surface area contributed by atoms with Crippen LogP contribution in [0.4, 0.5) is 0 Å². The van der Waals surface area contributed by atoms with Crippen LogP contribution < -0.4 is 5.32 Å². The fourth-order valence-electron chi connectivity index (χ4n) is 1.50. The van der Waals surface area contributed by atoms with Crippen LogP contribution in [0.3, 0.4) is 0 Å². The van der Waals surface area contributed by atoms with Crippen LogP contribution in [0.5, 0.6) is 0 Å². The largest absolute Gasteiger partial charge is 0.314 e. The summed E-state index contributed by atoms with van der Waals surface area (Å²) < 4.78 is 0. The Hall–Kier alpha value is -0.0800. The number of rotatable bonds is 8. The van der Waals surface area contributed by atoms with E-state index in [1.165, 1.54) is 51.6 Å². The van der Waals surface area contributed by atoms with Crippen molar-refractivity contribution in [3.63, 3.8) is 0 Å². The molecule has 1 saturated carbocycles. The summed E-state index contributed by atoms with van der Waals surface area (Å²) >= 11 is 0. The number of unbranched alkanes of at least 4 members (excludes halogenated alkanes) is 3. The highest BCUT2D eigenvalue weighted by molar-refractivity contribution is 4.80. The molecule has 1 fully saturated rings. The average molecular weight is 184 g/mol. The zero-order valence-corrected chi connectivity index (χ0v) is 9.18. The molecule has 1 aliphatic rings. The van der Waals surface area contributed by atoms with Gasteiger partial charge in [-0.3, -0.25) is 0 Å². The first-order valence-electron chi connectivity index (χ1n) is 5.67. The summed E-state index contributed by atoms with van der Waals surface area (Å²) in [5, 5.41) is 3.55. The summed E-state index contributed by atoms with van der Waals surface area (Å²) in [5.74, 6) is 0. The van der Waals surface area contributed by atoms with Gasteiger partial charge in [-0.05, 0) is 52.9 Å². The summed E-state index contributed by atoms with van der Waals surface area (Å²) in [6.45, 7) is 2.49. The second-order valence-corrected chi connectivity index (χ2v) is 4.45. The molecule has 1 aliphatic carbocycles. The van der Waals surface area contributed by atoms with Crippen molar-refractivity contribution >= 4 is 0 Å². The molecule has 78 valence electrons. The number of hydrogen-bond donors (Lipinski definition) is 1. The van der Waals surface area contributed by atoms with Gasteiger partial charge in [0.15, 0.2) is 0 Å². The van der Waals surface area contributed by atoms with Crippen LogP contribution in [-0.2, 0) is 0 Å². The van der Waals surface area contributed by atoms with Gasteiger partial charge >= 0.3 is 0 Å². The molecule has 0 radical (unpaired) electrons. The predicted octanol–water partition coefficient (Wildman–Crippen LogP) is 1.86. The number of hydrogen-bond acceptors (Lipinski definition) is 2. The highest BCUT2D eigenvalue weighted by Crippen LogP contribution is 2.18. The van der Waals surface area contributed by atoms with Gasteiger partial charge in [-0.2, -0.15) is 0 Å². The minimum absolute atomic E-state index is 0.891. The number of nitrogens with zero attached hydrogens (tertiary/aromatic N) is 1. The molecule has 2 nitrogen and oxygen atoms in total. The van der Waals surface area contributed by atoms with Gasteiger partial charge in [-0.25, -0.2) is 0 Å². The summed E-state index contributed by atoms with van der Waals surface area (Å²) in [7, 11) is 4.29. The summed E-state index contributed by atoms with van der Waals surface area (Å²) in [4.78, 5) is 2.27. The first kappa shape index (κ1) is 11.0. The topological polar surface area (TPSA) is 15.3 Å². The van der Waals surface area contributed by atoms with E-state index in [1.807, 2.05) is 0 Å². The third-order valence-electron chi connectivity index (χ3n) is 2.54. The lowest BCUT2D eigenvalue weighted by Crippen LogP contribution is -2.17. The highest BCUT2D eigenvalue weighted by Gasteiger charge is 2.19. The first-order valence-corrected chi connectivity index (χ1v) is 5.67. The van der Waals surface area contributed by atoms with Gasteiger partial charge in [-0.15, -0.1) is 0 Å². The Labute approximate surface area is 82.7 Å². The molecule has 0 aromatic rings. The molecule has 13 heavy (non-hydrogen) atoms. The van der Waals surface area contributed by atoms with Crippen LogP contribution in [0.15, 0.2) is 0 Å². The molecule has 1 rings (SSSR count). The molecule has 0 atom stereocenters. The molecular formula is C11H24N2. The summed E-state index contributed by atoms with van der Waals surface area (Å²) in [6.07, 6.45) is 8.35. The second-order valence-electron chi connectivity index (χ2n) is 4.45. The van der Waals surface area contributed by atoms with E-state index in [2.05, 4.69) is 24.3 Å². The van der Waals surface area contributed by atoms with Gasteiger partial charge in [-0.1, -0.05) is 12.8 Å². The van der Waals surface area contributed by atoms with Crippen LogP contribution in [0.25, 0.3) is 0 Å². The van der Waals surface area contributed by atoms with Crippen molar-refractivity contribution in [3.05, 3.63) is 0 Å². The van der Waals surface area contributed by atoms with Crippen molar-refractivity contribution in [2.24, 2.45) is 0 Å². The van der Waals surface area contributed by atoms with E-state index in [9.17, 15) is 0 Å². The normalized spacial score (nSPS) is 16.8. The van der Waals surface area contributed by atoms with E-state index in [0.29, 0.717) is 0 Å². The quantitative estimate of drug-likeness (QED) is 0.579. The van der Waals surface area contributed by atoms with Gasteiger partial charge < -0.3 is 10.2 Å². The van der Waals surface area contributed by atoms with Gasteiger partial charge in [0.1, 0.15) is 0 Å². The van der Waals surface area contributed by atoms with Crippen molar-refractivity contribution in [2.75, 3.05) is 27.2 Å². The average Bonchev–Trinajstić information content (AvgIpc) is 2.86. The second kappa shape index (κ2) is 6.39. The molecule has 0 aromatic carbocycles. The van der Waals surface area contributed by atoms with Crippen molar-refractivity contribution < 1.29 is 0 Å². The van der Waals surface area contributed by atoms with Crippen LogP contribution in [0.2, 0.25) is 0 Å². The van der Waals surface area contributed by atoms with Crippen LogP contribution in [-0.4, -0.2) is 38.1 Å². The van der Waals surface area contributed by atoms with E-state index in [1.54, 1.807) is 0 Å². The number of nitrogens with one attached hydrogen (secondary N) is 1. The lowest BCUT2D eigenvalue weighted by atomic mass is 10.2. The van der Waals surface area contributed by atoms with Crippen molar-refractivity contribution in [1.29, 1.82) is 0 Å². The smallest absolute Gasteiger partial charge is 0.00682 e. The maximum Gasteiger partial charge on any atom is 0.00682 e. The molecule has 0 spiro atoms. The molecule has 0 unspecified atom stereocenters. The molecule has 0 saturated heterocycles. The molecule has 1 N–H and O–H groups in total. The van der Waals surface area contributed by atoms with Gasteiger partial charge in [0, 0.05) is 6.04 Å². The maximum atomic E-state index is 3.55. The summed E-state index contributed by atoms with van der Waals surface area (Å²) in [6, 6.07) is 0.891. The van der Waals surface area contributed by atoms with E-state index in [-0.39, 0.29) is 0 Å². The molecule has 0 heterocycles. The van der Waals surface area contributed by atoms with Gasteiger partial charge in [0.05, 0.1) is 0 Å². The van der Waals surface area contributed by atoms with Crippen molar-refractivity contribution in [3.8, 4) is 0 Å². The SMILES string of the molecule is CN(C)CCCCCCNC1CC1. The molecule has 0 bridgehead atoms. The summed E-state index contributed by atoms with van der Waals surface area (Å²) in [5.41, 5.74) is 0. The lowest BCUT2D eigenvalue weighted by molar-refractivity contribution is 0.389. The zero-order valence-electron chi connectivity index (χ0n) is 9.18. The fraction of sp³-hybridized carbons (Fsp3) is 1.00. The molecular weight excluding hydrogens is 160 g/mol. The van der Waals surface area contributed by atoms with E-state index < -0.39 is 0 Å². The maximum absolute atomic E-state index is 3.55. The van der Waals surface area contributed by atoms with E-state index in [0.717, 1.165) is 6.04 Å². The Balaban J connectivity index is 1.68. The Bertz CT molecular complexity index is 113. The Morgan fingerprint density at radius 1 is 1.08 bits per heavy atom.